The number of hydrogen-bond donors (Lipinski definition) is 1. The first-order chi connectivity index (χ1) is 8.96. The second kappa shape index (κ2) is 5.82. The molecule has 110 valence electrons. The third-order valence-electron chi connectivity index (χ3n) is 5.25. The molecule has 1 saturated heterocycles. The Labute approximate surface area is 117 Å². The van der Waals surface area contributed by atoms with Crippen molar-refractivity contribution in [2.24, 2.45) is 5.41 Å². The molecule has 0 aromatic carbocycles. The number of piperidine rings is 1. The molecular formula is C16H29NO2. The van der Waals surface area contributed by atoms with Gasteiger partial charge in [0.2, 0.25) is 5.91 Å². The van der Waals surface area contributed by atoms with Crippen LogP contribution in [0.1, 0.15) is 71.6 Å². The average Bonchev–Trinajstić information content (AvgIpc) is 2.39. The van der Waals surface area contributed by atoms with Crippen LogP contribution >= 0.6 is 0 Å². The summed E-state index contributed by atoms with van der Waals surface area (Å²) in [7, 11) is 0. The van der Waals surface area contributed by atoms with Gasteiger partial charge in [-0.05, 0) is 37.5 Å². The van der Waals surface area contributed by atoms with Crippen LogP contribution in [0, 0.1) is 5.41 Å². The maximum absolute atomic E-state index is 12.4. The molecule has 1 aliphatic carbocycles. The number of rotatable bonds is 3. The molecule has 1 amide bonds. The Morgan fingerprint density at radius 2 is 1.84 bits per heavy atom. The molecule has 1 saturated carbocycles. The molecular weight excluding hydrogens is 238 g/mol. The van der Waals surface area contributed by atoms with Gasteiger partial charge in [-0.25, -0.2) is 0 Å². The van der Waals surface area contributed by atoms with Gasteiger partial charge in [-0.1, -0.05) is 33.1 Å². The number of carbonyl (C=O) groups excluding carboxylic acids is 1. The van der Waals surface area contributed by atoms with Crippen molar-refractivity contribution in [1.82, 2.24) is 4.90 Å². The summed E-state index contributed by atoms with van der Waals surface area (Å²) in [4.78, 5) is 14.4. The third-order valence-corrected chi connectivity index (χ3v) is 5.25. The van der Waals surface area contributed by atoms with Crippen LogP contribution in [-0.2, 0) is 4.79 Å². The number of hydrogen-bond acceptors (Lipinski definition) is 2. The first-order valence-corrected chi connectivity index (χ1v) is 7.97. The predicted octanol–water partition coefficient (Wildman–Crippen LogP) is 3.11. The zero-order valence-electron chi connectivity index (χ0n) is 12.6. The van der Waals surface area contributed by atoms with E-state index in [1.54, 1.807) is 0 Å². The van der Waals surface area contributed by atoms with E-state index >= 15 is 0 Å². The number of amides is 1. The van der Waals surface area contributed by atoms with Gasteiger partial charge in [-0.15, -0.1) is 0 Å². The van der Waals surface area contributed by atoms with E-state index in [1.165, 1.54) is 12.8 Å². The second-order valence-electron chi connectivity index (χ2n) is 7.04. The average molecular weight is 267 g/mol. The fourth-order valence-electron chi connectivity index (χ4n) is 3.60. The Balaban J connectivity index is 1.92. The lowest BCUT2D eigenvalue weighted by Crippen LogP contribution is -2.47. The van der Waals surface area contributed by atoms with Gasteiger partial charge in [0.05, 0.1) is 12.0 Å². The third kappa shape index (κ3) is 3.71. The molecule has 1 aliphatic heterocycles. The first kappa shape index (κ1) is 14.8. The Bertz CT molecular complexity index is 323. The minimum absolute atomic E-state index is 0.170. The highest BCUT2D eigenvalue weighted by atomic mass is 16.3. The molecule has 2 aliphatic rings. The van der Waals surface area contributed by atoms with E-state index in [9.17, 15) is 9.90 Å². The SMILES string of the molecule is CCC1(C)CCCN(C(=O)CC2(O)CCCCC2)C1. The van der Waals surface area contributed by atoms with Gasteiger partial charge in [0.1, 0.15) is 0 Å². The molecule has 19 heavy (non-hydrogen) atoms. The number of likely N-dealkylation sites (tertiary alicyclic amines) is 1. The largest absolute Gasteiger partial charge is 0.389 e. The fourth-order valence-corrected chi connectivity index (χ4v) is 3.60. The summed E-state index contributed by atoms with van der Waals surface area (Å²) < 4.78 is 0. The Morgan fingerprint density at radius 1 is 1.16 bits per heavy atom. The van der Waals surface area contributed by atoms with Gasteiger partial charge < -0.3 is 10.0 Å². The predicted molar refractivity (Wildman–Crippen MR) is 76.9 cm³/mol. The summed E-state index contributed by atoms with van der Waals surface area (Å²) in [6.07, 6.45) is 8.73. The summed E-state index contributed by atoms with van der Waals surface area (Å²) in [5, 5.41) is 10.5. The van der Waals surface area contributed by atoms with E-state index in [4.69, 9.17) is 0 Å². The van der Waals surface area contributed by atoms with Gasteiger partial charge in [0, 0.05) is 13.1 Å². The summed E-state index contributed by atoms with van der Waals surface area (Å²) in [5.41, 5.74) is -0.432. The Hall–Kier alpha value is -0.570. The maximum Gasteiger partial charge on any atom is 0.225 e. The smallest absolute Gasteiger partial charge is 0.225 e. The van der Waals surface area contributed by atoms with Crippen LogP contribution in [-0.4, -0.2) is 34.6 Å². The zero-order valence-corrected chi connectivity index (χ0v) is 12.6. The normalized spacial score (nSPS) is 31.2. The number of aliphatic hydroxyl groups is 1. The first-order valence-electron chi connectivity index (χ1n) is 7.97. The minimum atomic E-state index is -0.713. The molecule has 3 nitrogen and oxygen atoms in total. The van der Waals surface area contributed by atoms with Crippen LogP contribution in [0.25, 0.3) is 0 Å². The van der Waals surface area contributed by atoms with Crippen LogP contribution in [0.4, 0.5) is 0 Å². The van der Waals surface area contributed by atoms with Crippen molar-refractivity contribution in [3.63, 3.8) is 0 Å². The lowest BCUT2D eigenvalue weighted by Gasteiger charge is -2.41. The molecule has 0 spiro atoms. The molecule has 0 bridgehead atoms. The van der Waals surface area contributed by atoms with Crippen molar-refractivity contribution in [2.75, 3.05) is 13.1 Å². The summed E-state index contributed by atoms with van der Waals surface area (Å²) >= 11 is 0. The van der Waals surface area contributed by atoms with Crippen molar-refractivity contribution in [3.8, 4) is 0 Å². The topological polar surface area (TPSA) is 40.5 Å². The standard InChI is InChI=1S/C16H29NO2/c1-3-15(2)8-7-11-17(13-15)14(18)12-16(19)9-5-4-6-10-16/h19H,3-13H2,1-2H3. The van der Waals surface area contributed by atoms with Crippen LogP contribution in [0.5, 0.6) is 0 Å². The zero-order chi connectivity index (χ0) is 13.9. The van der Waals surface area contributed by atoms with Crippen molar-refractivity contribution in [2.45, 2.75) is 77.2 Å². The number of carbonyl (C=O) groups is 1. The molecule has 1 atom stereocenters. The molecule has 0 aromatic heterocycles. The monoisotopic (exact) mass is 267 g/mol. The molecule has 0 radical (unpaired) electrons. The Kier molecular flexibility index (Phi) is 4.54. The molecule has 0 aromatic rings. The Morgan fingerprint density at radius 3 is 2.47 bits per heavy atom. The summed E-state index contributed by atoms with van der Waals surface area (Å²) in [6.45, 7) is 6.24. The molecule has 1 N–H and O–H groups in total. The lowest BCUT2D eigenvalue weighted by molar-refractivity contribution is -0.141. The molecule has 3 heteroatoms. The van der Waals surface area contributed by atoms with Crippen molar-refractivity contribution >= 4 is 5.91 Å². The van der Waals surface area contributed by atoms with E-state index in [0.29, 0.717) is 6.42 Å². The van der Waals surface area contributed by atoms with Crippen molar-refractivity contribution in [3.05, 3.63) is 0 Å². The quantitative estimate of drug-likeness (QED) is 0.853. The van der Waals surface area contributed by atoms with E-state index in [2.05, 4.69) is 13.8 Å². The van der Waals surface area contributed by atoms with Gasteiger partial charge in [0.25, 0.3) is 0 Å². The highest BCUT2D eigenvalue weighted by molar-refractivity contribution is 5.77. The minimum Gasteiger partial charge on any atom is -0.389 e. The summed E-state index contributed by atoms with van der Waals surface area (Å²) in [6, 6.07) is 0. The van der Waals surface area contributed by atoms with Crippen LogP contribution in [0.2, 0.25) is 0 Å². The van der Waals surface area contributed by atoms with Crippen LogP contribution in [0.3, 0.4) is 0 Å². The van der Waals surface area contributed by atoms with Gasteiger partial charge >= 0.3 is 0 Å². The van der Waals surface area contributed by atoms with Gasteiger partial charge in [-0.2, -0.15) is 0 Å². The van der Waals surface area contributed by atoms with Crippen LogP contribution < -0.4 is 0 Å². The summed E-state index contributed by atoms with van der Waals surface area (Å²) in [5.74, 6) is 0.170. The van der Waals surface area contributed by atoms with E-state index in [-0.39, 0.29) is 11.3 Å². The van der Waals surface area contributed by atoms with Crippen LogP contribution in [0.15, 0.2) is 0 Å². The van der Waals surface area contributed by atoms with Gasteiger partial charge in [-0.3, -0.25) is 4.79 Å². The van der Waals surface area contributed by atoms with E-state index in [1.807, 2.05) is 4.90 Å². The maximum atomic E-state index is 12.4. The van der Waals surface area contributed by atoms with Gasteiger partial charge in [0.15, 0.2) is 0 Å². The molecule has 1 unspecified atom stereocenters. The fraction of sp³-hybridized carbons (Fsp3) is 0.938. The molecule has 2 fully saturated rings. The highest BCUT2D eigenvalue weighted by Crippen LogP contribution is 2.35. The molecule has 1 heterocycles. The lowest BCUT2D eigenvalue weighted by atomic mass is 9.78. The van der Waals surface area contributed by atoms with Crippen molar-refractivity contribution < 1.29 is 9.90 Å². The highest BCUT2D eigenvalue weighted by Gasteiger charge is 2.36. The van der Waals surface area contributed by atoms with E-state index < -0.39 is 5.60 Å². The van der Waals surface area contributed by atoms with Crippen molar-refractivity contribution in [1.29, 1.82) is 0 Å². The molecule has 2 rings (SSSR count). The van der Waals surface area contributed by atoms with E-state index in [0.717, 1.165) is 51.6 Å². The number of nitrogens with zero attached hydrogens (tertiary/aromatic N) is 1. The second-order valence-corrected chi connectivity index (χ2v) is 7.04.